The molecule has 1 aromatic heterocycles. The lowest BCUT2D eigenvalue weighted by atomic mass is 10.6. The van der Waals surface area contributed by atoms with Gasteiger partial charge in [0.15, 0.2) is 0 Å². The lowest BCUT2D eigenvalue weighted by Crippen LogP contribution is -2.11. The molecule has 10 heavy (non-hydrogen) atoms. The number of rotatable bonds is 2. The highest BCUT2D eigenvalue weighted by molar-refractivity contribution is 6.28. The monoisotopic (exact) mass is 160 g/mol. The van der Waals surface area contributed by atoms with E-state index in [1.165, 1.54) is 0 Å². The highest BCUT2D eigenvalue weighted by atomic mass is 35.5. The van der Waals surface area contributed by atoms with E-state index in [0.29, 0.717) is 0 Å². The van der Waals surface area contributed by atoms with E-state index in [1.54, 1.807) is 0 Å². The first kappa shape index (κ1) is 7.50. The van der Waals surface area contributed by atoms with Gasteiger partial charge in [-0.2, -0.15) is 0 Å². The molecule has 0 aliphatic carbocycles. The van der Waals surface area contributed by atoms with Gasteiger partial charge in [-0.1, -0.05) is 0 Å². The van der Waals surface area contributed by atoms with Crippen molar-refractivity contribution in [2.24, 2.45) is 0 Å². The van der Waals surface area contributed by atoms with Crippen molar-refractivity contribution in [2.45, 2.75) is 6.54 Å². The Bertz CT molecular complexity index is 207. The molecule has 0 bridgehead atoms. The van der Waals surface area contributed by atoms with Crippen LogP contribution < -0.4 is 0 Å². The molecule has 0 aliphatic rings. The van der Waals surface area contributed by atoms with Gasteiger partial charge in [-0.15, -0.1) is 5.10 Å². The van der Waals surface area contributed by atoms with Gasteiger partial charge in [-0.3, -0.25) is 5.10 Å². The molecule has 0 saturated carbocycles. The fraction of sp³-hybridized carbons (Fsp3) is 0.600. The van der Waals surface area contributed by atoms with Gasteiger partial charge in [0.05, 0.1) is 6.54 Å². The van der Waals surface area contributed by atoms with Crippen LogP contribution in [0.15, 0.2) is 0 Å². The Morgan fingerprint density at radius 2 is 2.30 bits per heavy atom. The lowest BCUT2D eigenvalue weighted by Gasteiger charge is -2.04. The molecule has 5 heteroatoms. The minimum absolute atomic E-state index is 0.275. The van der Waals surface area contributed by atoms with Crippen LogP contribution in [0.4, 0.5) is 0 Å². The van der Waals surface area contributed by atoms with E-state index in [1.807, 2.05) is 19.0 Å². The summed E-state index contributed by atoms with van der Waals surface area (Å²) in [7, 11) is 3.91. The predicted octanol–water partition coefficient (Wildman–Crippen LogP) is 0.520. The van der Waals surface area contributed by atoms with Crippen molar-refractivity contribution in [2.75, 3.05) is 14.1 Å². The van der Waals surface area contributed by atoms with Crippen molar-refractivity contribution >= 4 is 11.6 Å². The van der Waals surface area contributed by atoms with Crippen molar-refractivity contribution in [3.05, 3.63) is 11.1 Å². The zero-order valence-electron chi connectivity index (χ0n) is 5.93. The van der Waals surface area contributed by atoms with E-state index in [9.17, 15) is 0 Å². The molecule has 1 N–H and O–H groups in total. The fourth-order valence-corrected chi connectivity index (χ4v) is 0.787. The average molecular weight is 161 g/mol. The number of H-pyrrole nitrogens is 1. The molecule has 56 valence electrons. The summed E-state index contributed by atoms with van der Waals surface area (Å²) in [5, 5.41) is 6.65. The summed E-state index contributed by atoms with van der Waals surface area (Å²) < 4.78 is 0. The number of nitrogens with one attached hydrogen (secondary N) is 1. The van der Waals surface area contributed by atoms with Gasteiger partial charge in [0.1, 0.15) is 5.82 Å². The Balaban J connectivity index is 2.58. The summed E-state index contributed by atoms with van der Waals surface area (Å²) in [6.07, 6.45) is 0. The van der Waals surface area contributed by atoms with Crippen LogP contribution in [0, 0.1) is 0 Å². The molecule has 1 heterocycles. The Morgan fingerprint density at radius 3 is 2.70 bits per heavy atom. The zero-order valence-corrected chi connectivity index (χ0v) is 6.68. The van der Waals surface area contributed by atoms with Crippen LogP contribution in [0.3, 0.4) is 0 Å². The number of aromatic nitrogens is 3. The third-order valence-corrected chi connectivity index (χ3v) is 1.14. The van der Waals surface area contributed by atoms with Crippen molar-refractivity contribution in [1.82, 2.24) is 20.1 Å². The van der Waals surface area contributed by atoms with Crippen molar-refractivity contribution in [3.8, 4) is 0 Å². The largest absolute Gasteiger partial charge is 0.302 e. The first-order valence-corrected chi connectivity index (χ1v) is 3.28. The summed E-state index contributed by atoms with van der Waals surface area (Å²) in [5.41, 5.74) is 0. The molecule has 1 aromatic rings. The van der Waals surface area contributed by atoms with Crippen molar-refractivity contribution < 1.29 is 0 Å². The van der Waals surface area contributed by atoms with E-state index < -0.39 is 0 Å². The highest BCUT2D eigenvalue weighted by Gasteiger charge is 1.99. The first-order chi connectivity index (χ1) is 4.68. The van der Waals surface area contributed by atoms with E-state index >= 15 is 0 Å². The lowest BCUT2D eigenvalue weighted by molar-refractivity contribution is 0.391. The summed E-state index contributed by atoms with van der Waals surface area (Å²) in [5.74, 6) is 0.787. The van der Waals surface area contributed by atoms with Crippen LogP contribution in [0.5, 0.6) is 0 Å². The Labute approximate surface area is 64.2 Å². The summed E-state index contributed by atoms with van der Waals surface area (Å²) in [6, 6.07) is 0. The van der Waals surface area contributed by atoms with Crippen LogP contribution in [-0.2, 0) is 6.54 Å². The Hall–Kier alpha value is -0.610. The maximum atomic E-state index is 5.47. The SMILES string of the molecule is CN(C)Cc1nc(Cl)n[nH]1. The van der Waals surface area contributed by atoms with E-state index in [2.05, 4.69) is 15.2 Å². The van der Waals surface area contributed by atoms with Crippen LogP contribution in [-0.4, -0.2) is 34.2 Å². The van der Waals surface area contributed by atoms with Gasteiger partial charge >= 0.3 is 0 Å². The molecule has 0 unspecified atom stereocenters. The standard InChI is InChI=1S/C5H9ClN4/c1-10(2)3-4-7-5(6)9-8-4/h3H2,1-2H3,(H,7,8,9). The molecule has 1 rings (SSSR count). The molecular weight excluding hydrogens is 152 g/mol. The van der Waals surface area contributed by atoms with E-state index in [-0.39, 0.29) is 5.28 Å². The van der Waals surface area contributed by atoms with Gasteiger partial charge in [0.2, 0.25) is 5.28 Å². The third kappa shape index (κ3) is 1.97. The van der Waals surface area contributed by atoms with E-state index in [4.69, 9.17) is 11.6 Å². The van der Waals surface area contributed by atoms with Gasteiger partial charge in [-0.05, 0) is 25.7 Å². The Morgan fingerprint density at radius 1 is 1.60 bits per heavy atom. The fourth-order valence-electron chi connectivity index (χ4n) is 0.642. The van der Waals surface area contributed by atoms with Gasteiger partial charge in [0.25, 0.3) is 0 Å². The summed E-state index contributed by atoms with van der Waals surface area (Å²) >= 11 is 5.47. The van der Waals surface area contributed by atoms with Crippen LogP contribution in [0.1, 0.15) is 5.82 Å². The van der Waals surface area contributed by atoms with E-state index in [0.717, 1.165) is 12.4 Å². The summed E-state index contributed by atoms with van der Waals surface area (Å²) in [6.45, 7) is 0.736. The van der Waals surface area contributed by atoms with Crippen molar-refractivity contribution in [1.29, 1.82) is 0 Å². The first-order valence-electron chi connectivity index (χ1n) is 2.90. The number of hydrogen-bond acceptors (Lipinski definition) is 3. The van der Waals surface area contributed by atoms with Crippen LogP contribution in [0.2, 0.25) is 5.28 Å². The molecule has 0 saturated heterocycles. The quantitative estimate of drug-likeness (QED) is 0.686. The average Bonchev–Trinajstić information content (AvgIpc) is 2.13. The molecule has 0 aromatic carbocycles. The second-order valence-electron chi connectivity index (χ2n) is 2.29. The van der Waals surface area contributed by atoms with Gasteiger partial charge in [-0.25, -0.2) is 4.98 Å². The van der Waals surface area contributed by atoms with Crippen molar-refractivity contribution in [3.63, 3.8) is 0 Å². The Kier molecular flexibility index (Phi) is 2.24. The number of hydrogen-bond donors (Lipinski definition) is 1. The molecule has 0 spiro atoms. The predicted molar refractivity (Wildman–Crippen MR) is 38.8 cm³/mol. The molecular formula is C5H9ClN4. The molecule has 0 radical (unpaired) electrons. The minimum Gasteiger partial charge on any atom is -0.302 e. The third-order valence-electron chi connectivity index (χ3n) is 0.970. The molecule has 4 nitrogen and oxygen atoms in total. The van der Waals surface area contributed by atoms with Gasteiger partial charge < -0.3 is 4.90 Å². The maximum Gasteiger partial charge on any atom is 0.242 e. The smallest absolute Gasteiger partial charge is 0.242 e. The number of aromatic amines is 1. The zero-order chi connectivity index (χ0) is 7.56. The summed E-state index contributed by atoms with van der Waals surface area (Å²) in [4.78, 5) is 5.89. The normalized spacial score (nSPS) is 10.8. The molecule has 0 atom stereocenters. The topological polar surface area (TPSA) is 44.8 Å². The molecule has 0 aliphatic heterocycles. The molecule has 0 fully saturated rings. The minimum atomic E-state index is 0.275. The highest BCUT2D eigenvalue weighted by Crippen LogP contribution is 1.99. The van der Waals surface area contributed by atoms with Gasteiger partial charge in [0, 0.05) is 0 Å². The second kappa shape index (κ2) is 2.98. The number of halogens is 1. The van der Waals surface area contributed by atoms with Crippen LogP contribution in [0.25, 0.3) is 0 Å². The number of nitrogens with zero attached hydrogens (tertiary/aromatic N) is 3. The van der Waals surface area contributed by atoms with Crippen LogP contribution >= 0.6 is 11.6 Å². The maximum absolute atomic E-state index is 5.47. The molecule has 0 amide bonds. The second-order valence-corrected chi connectivity index (χ2v) is 2.63.